The Morgan fingerprint density at radius 3 is 2.25 bits per heavy atom. The van der Waals surface area contributed by atoms with Crippen LogP contribution in [-0.4, -0.2) is 22.8 Å². The van der Waals surface area contributed by atoms with Crippen LogP contribution in [0.4, 0.5) is 5.95 Å². The molecule has 0 atom stereocenters. The molecule has 2 rings (SSSR count). The Morgan fingerprint density at radius 2 is 1.70 bits per heavy atom. The van der Waals surface area contributed by atoms with Crippen molar-refractivity contribution in [1.29, 1.82) is 0 Å². The summed E-state index contributed by atoms with van der Waals surface area (Å²) < 4.78 is 5.13. The van der Waals surface area contributed by atoms with Gasteiger partial charge in [0.1, 0.15) is 5.75 Å². The maximum absolute atomic E-state index is 5.13. The summed E-state index contributed by atoms with van der Waals surface area (Å²) in [7, 11) is 1.65. The molecule has 0 spiro atoms. The van der Waals surface area contributed by atoms with Gasteiger partial charge in [0.2, 0.25) is 5.95 Å². The van der Waals surface area contributed by atoms with Crippen LogP contribution in [0.3, 0.4) is 0 Å². The summed E-state index contributed by atoms with van der Waals surface area (Å²) in [5.41, 5.74) is 6.59. The van der Waals surface area contributed by atoms with Gasteiger partial charge in [-0.1, -0.05) is 0 Å². The summed E-state index contributed by atoms with van der Waals surface area (Å²) in [6.45, 7) is 5.79. The highest BCUT2D eigenvalue weighted by Crippen LogP contribution is 2.12. The number of hydrogen-bond donors (Lipinski definition) is 1. The average Bonchev–Trinajstić information content (AvgIpc) is 2.44. The summed E-state index contributed by atoms with van der Waals surface area (Å²) in [5.74, 6) is 1.34. The number of nitrogens with zero attached hydrogens (tertiary/aromatic N) is 3. The molecular formula is C15H18N4O. The lowest BCUT2D eigenvalue weighted by atomic mass is 10.1. The quantitative estimate of drug-likeness (QED) is 0.685. The lowest BCUT2D eigenvalue weighted by Gasteiger charge is -2.05. The van der Waals surface area contributed by atoms with E-state index in [-0.39, 0.29) is 0 Å². The van der Waals surface area contributed by atoms with Crippen LogP contribution in [0.25, 0.3) is 0 Å². The summed E-state index contributed by atoms with van der Waals surface area (Å²) in [6, 6.07) is 9.65. The van der Waals surface area contributed by atoms with E-state index < -0.39 is 0 Å². The van der Waals surface area contributed by atoms with Gasteiger partial charge < -0.3 is 4.74 Å². The van der Waals surface area contributed by atoms with Gasteiger partial charge in [0.25, 0.3) is 0 Å². The zero-order chi connectivity index (χ0) is 14.5. The molecule has 1 aromatic heterocycles. The molecule has 5 nitrogen and oxygen atoms in total. The molecule has 0 saturated heterocycles. The molecule has 5 heteroatoms. The van der Waals surface area contributed by atoms with E-state index >= 15 is 0 Å². The van der Waals surface area contributed by atoms with Gasteiger partial charge in [0.05, 0.1) is 12.8 Å². The normalized spacial score (nSPS) is 11.3. The Morgan fingerprint density at radius 1 is 1.10 bits per heavy atom. The zero-order valence-corrected chi connectivity index (χ0v) is 12.1. The number of nitrogens with one attached hydrogen (secondary N) is 1. The highest BCUT2D eigenvalue weighted by Gasteiger charge is 2.00. The van der Waals surface area contributed by atoms with Crippen molar-refractivity contribution >= 4 is 11.7 Å². The highest BCUT2D eigenvalue weighted by atomic mass is 16.5. The van der Waals surface area contributed by atoms with Crippen LogP contribution >= 0.6 is 0 Å². The summed E-state index contributed by atoms with van der Waals surface area (Å²) in [6.07, 6.45) is 0. The number of benzene rings is 1. The largest absolute Gasteiger partial charge is 0.497 e. The van der Waals surface area contributed by atoms with E-state index in [4.69, 9.17) is 4.74 Å². The molecule has 0 aliphatic carbocycles. The molecule has 104 valence electrons. The van der Waals surface area contributed by atoms with Crippen LogP contribution in [0.1, 0.15) is 23.9 Å². The SMILES string of the molecule is COc1ccc(/C(C)=N/Nc2nc(C)cc(C)n2)cc1. The minimum Gasteiger partial charge on any atom is -0.497 e. The number of anilines is 1. The van der Waals surface area contributed by atoms with E-state index in [1.807, 2.05) is 51.1 Å². The fourth-order valence-corrected chi connectivity index (χ4v) is 1.81. The van der Waals surface area contributed by atoms with E-state index in [0.717, 1.165) is 28.4 Å². The number of rotatable bonds is 4. The predicted octanol–water partition coefficient (Wildman–Crippen LogP) is 2.94. The van der Waals surface area contributed by atoms with E-state index in [9.17, 15) is 0 Å². The van der Waals surface area contributed by atoms with Crippen LogP contribution in [0, 0.1) is 13.8 Å². The lowest BCUT2D eigenvalue weighted by Crippen LogP contribution is -2.03. The maximum atomic E-state index is 5.13. The minimum atomic E-state index is 0.510. The predicted molar refractivity (Wildman–Crippen MR) is 80.3 cm³/mol. The second kappa shape index (κ2) is 6.14. The van der Waals surface area contributed by atoms with Crippen LogP contribution in [0.15, 0.2) is 35.4 Å². The first-order valence-electron chi connectivity index (χ1n) is 6.35. The van der Waals surface area contributed by atoms with Crippen molar-refractivity contribution in [3.05, 3.63) is 47.3 Å². The standard InChI is InChI=1S/C15H18N4O/c1-10-9-11(2)17-15(16-10)19-18-12(3)13-5-7-14(20-4)8-6-13/h5-9H,1-4H3,(H,16,17,19)/b18-12+. The third kappa shape index (κ3) is 3.54. The molecule has 1 aromatic carbocycles. The molecule has 0 radical (unpaired) electrons. The van der Waals surface area contributed by atoms with E-state index in [0.29, 0.717) is 5.95 Å². The summed E-state index contributed by atoms with van der Waals surface area (Å²) in [5, 5.41) is 4.30. The molecule has 0 aliphatic heterocycles. The third-order valence-corrected chi connectivity index (χ3v) is 2.81. The fourth-order valence-electron chi connectivity index (χ4n) is 1.81. The smallest absolute Gasteiger partial charge is 0.243 e. The fraction of sp³-hybridized carbons (Fsp3) is 0.267. The number of hydrazone groups is 1. The van der Waals surface area contributed by atoms with Crippen molar-refractivity contribution in [2.24, 2.45) is 5.10 Å². The van der Waals surface area contributed by atoms with Gasteiger partial charge in [-0.15, -0.1) is 0 Å². The molecule has 0 amide bonds. The minimum absolute atomic E-state index is 0.510. The molecule has 20 heavy (non-hydrogen) atoms. The first-order chi connectivity index (χ1) is 9.58. The number of aryl methyl sites for hydroxylation is 2. The van der Waals surface area contributed by atoms with Gasteiger partial charge >= 0.3 is 0 Å². The molecule has 2 aromatic rings. The van der Waals surface area contributed by atoms with Gasteiger partial charge in [-0.25, -0.2) is 15.4 Å². The molecule has 1 N–H and O–H groups in total. The summed E-state index contributed by atoms with van der Waals surface area (Å²) >= 11 is 0. The number of aromatic nitrogens is 2. The number of ether oxygens (including phenoxy) is 1. The monoisotopic (exact) mass is 270 g/mol. The third-order valence-electron chi connectivity index (χ3n) is 2.81. The van der Waals surface area contributed by atoms with Crippen molar-refractivity contribution in [3.8, 4) is 5.75 Å². The second-order valence-corrected chi connectivity index (χ2v) is 4.51. The van der Waals surface area contributed by atoms with Gasteiger partial charge in [0, 0.05) is 11.4 Å². The molecule has 0 saturated carbocycles. The van der Waals surface area contributed by atoms with Gasteiger partial charge in [-0.3, -0.25) is 0 Å². The highest BCUT2D eigenvalue weighted by molar-refractivity contribution is 5.99. The topological polar surface area (TPSA) is 59.4 Å². The van der Waals surface area contributed by atoms with Crippen molar-refractivity contribution in [3.63, 3.8) is 0 Å². The molecule has 0 bridgehead atoms. The van der Waals surface area contributed by atoms with Gasteiger partial charge in [0.15, 0.2) is 0 Å². The van der Waals surface area contributed by atoms with Crippen LogP contribution in [0.5, 0.6) is 5.75 Å². The van der Waals surface area contributed by atoms with E-state index in [1.165, 1.54) is 0 Å². The summed E-state index contributed by atoms with van der Waals surface area (Å²) in [4.78, 5) is 8.56. The van der Waals surface area contributed by atoms with E-state index in [1.54, 1.807) is 7.11 Å². The first kappa shape index (κ1) is 14.0. The van der Waals surface area contributed by atoms with Crippen LogP contribution in [0.2, 0.25) is 0 Å². The van der Waals surface area contributed by atoms with Crippen molar-refractivity contribution < 1.29 is 4.74 Å². The van der Waals surface area contributed by atoms with Crippen molar-refractivity contribution in [1.82, 2.24) is 9.97 Å². The molecule has 1 heterocycles. The Balaban J connectivity index is 2.13. The van der Waals surface area contributed by atoms with Crippen LogP contribution in [-0.2, 0) is 0 Å². The lowest BCUT2D eigenvalue weighted by molar-refractivity contribution is 0.415. The van der Waals surface area contributed by atoms with Crippen molar-refractivity contribution in [2.75, 3.05) is 12.5 Å². The van der Waals surface area contributed by atoms with Gasteiger partial charge in [-0.05, 0) is 56.7 Å². The van der Waals surface area contributed by atoms with Gasteiger partial charge in [-0.2, -0.15) is 5.10 Å². The Hall–Kier alpha value is -2.43. The number of hydrogen-bond acceptors (Lipinski definition) is 5. The Labute approximate surface area is 118 Å². The molecular weight excluding hydrogens is 252 g/mol. The Kier molecular flexibility index (Phi) is 4.30. The van der Waals surface area contributed by atoms with Crippen molar-refractivity contribution in [2.45, 2.75) is 20.8 Å². The number of methoxy groups -OCH3 is 1. The molecule has 0 fully saturated rings. The molecule has 0 aliphatic rings. The molecule has 0 unspecified atom stereocenters. The Bertz CT molecular complexity index is 600. The second-order valence-electron chi connectivity index (χ2n) is 4.51. The zero-order valence-electron chi connectivity index (χ0n) is 12.1. The first-order valence-corrected chi connectivity index (χ1v) is 6.35. The maximum Gasteiger partial charge on any atom is 0.243 e. The van der Waals surface area contributed by atoms with Crippen LogP contribution < -0.4 is 10.2 Å². The average molecular weight is 270 g/mol. The van der Waals surface area contributed by atoms with E-state index in [2.05, 4.69) is 20.5 Å².